The SMILES string of the molecule is CN(C)C1=CC=C(c2ccc(/C=C(\C#N)C(=S)NCCOCCOCCCCCCCl)s2)C1. The Morgan fingerprint density at radius 2 is 1.91 bits per heavy atom. The van der Waals surface area contributed by atoms with Gasteiger partial charge in [-0.15, -0.1) is 22.9 Å². The number of thiophene rings is 1. The Balaban J connectivity index is 1.64. The third-order valence-corrected chi connectivity index (χ3v) is 6.83. The van der Waals surface area contributed by atoms with Gasteiger partial charge in [0.05, 0.1) is 25.4 Å². The van der Waals surface area contributed by atoms with E-state index in [-0.39, 0.29) is 0 Å². The van der Waals surface area contributed by atoms with Crippen LogP contribution < -0.4 is 5.32 Å². The van der Waals surface area contributed by atoms with E-state index in [0.717, 1.165) is 49.5 Å². The zero-order valence-electron chi connectivity index (χ0n) is 19.6. The van der Waals surface area contributed by atoms with Gasteiger partial charge in [-0.1, -0.05) is 31.1 Å². The summed E-state index contributed by atoms with van der Waals surface area (Å²) in [4.78, 5) is 4.82. The third kappa shape index (κ3) is 10.4. The van der Waals surface area contributed by atoms with Gasteiger partial charge >= 0.3 is 0 Å². The molecule has 1 aliphatic carbocycles. The van der Waals surface area contributed by atoms with Crippen LogP contribution in [0.1, 0.15) is 41.9 Å². The Kier molecular flexibility index (Phi) is 13.4. The number of nitrogens with zero attached hydrogens (tertiary/aromatic N) is 2. The van der Waals surface area contributed by atoms with Crippen LogP contribution in [0.5, 0.6) is 0 Å². The molecule has 5 nitrogen and oxygen atoms in total. The van der Waals surface area contributed by atoms with Crippen LogP contribution in [0.3, 0.4) is 0 Å². The predicted molar refractivity (Wildman–Crippen MR) is 144 cm³/mol. The van der Waals surface area contributed by atoms with Gasteiger partial charge in [0.1, 0.15) is 11.1 Å². The van der Waals surface area contributed by atoms with Crippen LogP contribution in [-0.4, -0.2) is 62.8 Å². The molecule has 180 valence electrons. The van der Waals surface area contributed by atoms with Gasteiger partial charge in [0.15, 0.2) is 0 Å². The van der Waals surface area contributed by atoms with Crippen LogP contribution in [0.4, 0.5) is 0 Å². The summed E-state index contributed by atoms with van der Waals surface area (Å²) in [5.74, 6) is 0.737. The fourth-order valence-electron chi connectivity index (χ4n) is 3.19. The summed E-state index contributed by atoms with van der Waals surface area (Å²) in [6.45, 7) is 2.97. The number of allylic oxidation sites excluding steroid dienone is 3. The standard InChI is InChI=1S/C25H34ClN3O2S2/c1-29(2)22-8-7-20(17-22)24-10-9-23(33-24)18-21(19-27)25(32)28-12-14-31-16-15-30-13-6-4-3-5-11-26/h7-10,18H,3-6,11-17H2,1-2H3,(H,28,32)/b21-18+. The molecule has 0 fully saturated rings. The maximum Gasteiger partial charge on any atom is 0.117 e. The second-order valence-electron chi connectivity index (χ2n) is 7.88. The van der Waals surface area contributed by atoms with E-state index in [1.165, 1.54) is 16.1 Å². The summed E-state index contributed by atoms with van der Waals surface area (Å²) >= 11 is 12.7. The number of unbranched alkanes of at least 4 members (excludes halogenated alkanes) is 3. The second kappa shape index (κ2) is 16.0. The van der Waals surface area contributed by atoms with Crippen LogP contribution in [0.15, 0.2) is 35.6 Å². The minimum atomic E-state index is 0.445. The molecule has 0 atom stereocenters. The number of nitriles is 1. The smallest absolute Gasteiger partial charge is 0.117 e. The highest BCUT2D eigenvalue weighted by Gasteiger charge is 2.14. The summed E-state index contributed by atoms with van der Waals surface area (Å²) in [5.41, 5.74) is 3.06. The molecular weight excluding hydrogens is 474 g/mol. The summed E-state index contributed by atoms with van der Waals surface area (Å²) < 4.78 is 11.1. The Labute approximate surface area is 212 Å². The Morgan fingerprint density at radius 1 is 1.15 bits per heavy atom. The van der Waals surface area contributed by atoms with E-state index in [0.29, 0.717) is 36.9 Å². The van der Waals surface area contributed by atoms with Crippen molar-refractivity contribution >= 4 is 51.8 Å². The molecule has 1 N–H and O–H groups in total. The van der Waals surface area contributed by atoms with Crippen molar-refractivity contribution in [1.82, 2.24) is 10.2 Å². The molecule has 8 heteroatoms. The number of halogens is 1. The molecule has 0 spiro atoms. The number of nitrogens with one attached hydrogen (secondary N) is 1. The van der Waals surface area contributed by atoms with E-state index < -0.39 is 0 Å². The zero-order valence-corrected chi connectivity index (χ0v) is 22.0. The second-order valence-corrected chi connectivity index (χ2v) is 9.78. The highest BCUT2D eigenvalue weighted by molar-refractivity contribution is 7.80. The molecule has 1 aromatic heterocycles. The first-order valence-corrected chi connectivity index (χ1v) is 13.1. The van der Waals surface area contributed by atoms with Crippen LogP contribution in [0, 0.1) is 11.3 Å². The van der Waals surface area contributed by atoms with E-state index in [4.69, 9.17) is 33.3 Å². The van der Waals surface area contributed by atoms with E-state index in [1.807, 2.05) is 12.1 Å². The van der Waals surface area contributed by atoms with Gasteiger partial charge in [0, 0.05) is 55.0 Å². The highest BCUT2D eigenvalue weighted by Crippen LogP contribution is 2.33. The largest absolute Gasteiger partial charge is 0.381 e. The lowest BCUT2D eigenvalue weighted by molar-refractivity contribution is 0.0483. The van der Waals surface area contributed by atoms with Gasteiger partial charge in [0.2, 0.25) is 0 Å². The average molecular weight is 508 g/mol. The van der Waals surface area contributed by atoms with E-state index in [9.17, 15) is 5.26 Å². The molecule has 0 amide bonds. The first kappa shape index (κ1) is 27.6. The van der Waals surface area contributed by atoms with Crippen molar-refractivity contribution in [3.8, 4) is 6.07 Å². The molecule has 2 rings (SSSR count). The molecule has 33 heavy (non-hydrogen) atoms. The van der Waals surface area contributed by atoms with Gasteiger partial charge in [0.25, 0.3) is 0 Å². The van der Waals surface area contributed by atoms with Crippen LogP contribution in [0.2, 0.25) is 0 Å². The molecular formula is C25H34ClN3O2S2. The lowest BCUT2D eigenvalue weighted by Gasteiger charge is -2.13. The lowest BCUT2D eigenvalue weighted by atomic mass is 10.2. The molecule has 0 saturated heterocycles. The molecule has 0 aliphatic heterocycles. The molecule has 0 radical (unpaired) electrons. The fraction of sp³-hybridized carbons (Fsp3) is 0.520. The third-order valence-electron chi connectivity index (χ3n) is 5.09. The molecule has 1 heterocycles. The van der Waals surface area contributed by atoms with Gasteiger partial charge in [-0.05, 0) is 42.7 Å². The van der Waals surface area contributed by atoms with E-state index in [2.05, 4.69) is 48.6 Å². The van der Waals surface area contributed by atoms with Crippen molar-refractivity contribution in [2.45, 2.75) is 32.1 Å². The topological polar surface area (TPSA) is 57.5 Å². The Hall–Kier alpha value is -1.69. The minimum absolute atomic E-state index is 0.445. The lowest BCUT2D eigenvalue weighted by Crippen LogP contribution is -2.27. The number of rotatable bonds is 16. The molecule has 0 unspecified atom stereocenters. The van der Waals surface area contributed by atoms with Crippen LogP contribution in [0.25, 0.3) is 11.6 Å². The Morgan fingerprint density at radius 3 is 2.61 bits per heavy atom. The summed E-state index contributed by atoms with van der Waals surface area (Å²) in [6, 6.07) is 6.35. The van der Waals surface area contributed by atoms with Crippen molar-refractivity contribution in [3.05, 3.63) is 45.3 Å². The van der Waals surface area contributed by atoms with Crippen molar-refractivity contribution in [2.24, 2.45) is 0 Å². The maximum atomic E-state index is 9.54. The van der Waals surface area contributed by atoms with Crippen LogP contribution in [-0.2, 0) is 9.47 Å². The normalized spacial score (nSPS) is 13.5. The monoisotopic (exact) mass is 507 g/mol. The van der Waals surface area contributed by atoms with Crippen LogP contribution >= 0.6 is 35.2 Å². The number of hydrogen-bond acceptors (Lipinski definition) is 6. The number of ether oxygens (including phenoxy) is 2. The Bertz CT molecular complexity index is 884. The first-order chi connectivity index (χ1) is 16.0. The van der Waals surface area contributed by atoms with Crippen molar-refractivity contribution < 1.29 is 9.47 Å². The first-order valence-electron chi connectivity index (χ1n) is 11.3. The molecule has 0 aromatic carbocycles. The number of hydrogen-bond donors (Lipinski definition) is 1. The van der Waals surface area contributed by atoms with Gasteiger partial charge in [-0.25, -0.2) is 0 Å². The average Bonchev–Trinajstić information content (AvgIpc) is 3.48. The fourth-order valence-corrected chi connectivity index (χ4v) is 4.56. The number of thiocarbonyl (C=S) groups is 1. The van der Waals surface area contributed by atoms with E-state index >= 15 is 0 Å². The van der Waals surface area contributed by atoms with Gasteiger partial charge in [-0.2, -0.15) is 5.26 Å². The zero-order chi connectivity index (χ0) is 23.9. The molecule has 1 aromatic rings. The highest BCUT2D eigenvalue weighted by atomic mass is 35.5. The molecule has 1 aliphatic rings. The van der Waals surface area contributed by atoms with Gasteiger partial charge in [-0.3, -0.25) is 0 Å². The summed E-state index contributed by atoms with van der Waals surface area (Å²) in [5, 5.41) is 12.7. The van der Waals surface area contributed by atoms with Gasteiger partial charge < -0.3 is 19.7 Å². The molecule has 0 bridgehead atoms. The molecule has 0 saturated carbocycles. The van der Waals surface area contributed by atoms with Crippen molar-refractivity contribution in [1.29, 1.82) is 5.26 Å². The minimum Gasteiger partial charge on any atom is -0.381 e. The summed E-state index contributed by atoms with van der Waals surface area (Å²) in [7, 11) is 4.12. The summed E-state index contributed by atoms with van der Waals surface area (Å²) in [6.07, 6.45) is 11.6. The van der Waals surface area contributed by atoms with Crippen molar-refractivity contribution in [2.75, 3.05) is 52.9 Å². The quantitative estimate of drug-likeness (QED) is 0.103. The number of alkyl halides is 1. The van der Waals surface area contributed by atoms with E-state index in [1.54, 1.807) is 11.3 Å². The van der Waals surface area contributed by atoms with Crippen molar-refractivity contribution in [3.63, 3.8) is 0 Å². The maximum absolute atomic E-state index is 9.54. The predicted octanol–water partition coefficient (Wildman–Crippen LogP) is 5.64.